The minimum absolute atomic E-state index is 0.697. The van der Waals surface area contributed by atoms with Crippen LogP contribution in [-0.2, 0) is 11.3 Å². The molecule has 0 atom stereocenters. The zero-order valence-corrected chi connectivity index (χ0v) is 18.0. The maximum Gasteiger partial charge on any atom is 0.191 e. The summed E-state index contributed by atoms with van der Waals surface area (Å²) < 4.78 is 18.3. The molecule has 0 unspecified atom stereocenters. The topological polar surface area (TPSA) is 58.4 Å². The van der Waals surface area contributed by atoms with Crippen LogP contribution in [0, 0.1) is 5.92 Å². The standard InChI is InChI=1S/C21H31N3O3S/c1-25-13-7-12-24-20(17-10-11-18(26-2)19(14-17)27-3)22-23-21(24)28-15-16-8-5-4-6-9-16/h10-11,14,16H,4-9,12-13,15H2,1-3H3. The van der Waals surface area contributed by atoms with E-state index in [1.54, 1.807) is 21.3 Å². The fourth-order valence-electron chi connectivity index (χ4n) is 3.70. The molecule has 28 heavy (non-hydrogen) atoms. The fourth-order valence-corrected chi connectivity index (χ4v) is 4.85. The summed E-state index contributed by atoms with van der Waals surface area (Å²) in [6.07, 6.45) is 7.72. The third-order valence-electron chi connectivity index (χ3n) is 5.26. The third kappa shape index (κ3) is 5.20. The van der Waals surface area contributed by atoms with Crippen molar-refractivity contribution < 1.29 is 14.2 Å². The van der Waals surface area contributed by atoms with Gasteiger partial charge in [0, 0.05) is 31.6 Å². The fraction of sp³-hybridized carbons (Fsp3) is 0.619. The third-order valence-corrected chi connectivity index (χ3v) is 6.46. The molecule has 0 bridgehead atoms. The van der Waals surface area contributed by atoms with Gasteiger partial charge in [-0.25, -0.2) is 0 Å². The molecule has 1 aliphatic rings. The molecule has 6 nitrogen and oxygen atoms in total. The average molecular weight is 406 g/mol. The van der Waals surface area contributed by atoms with Gasteiger partial charge in [-0.05, 0) is 43.4 Å². The summed E-state index contributed by atoms with van der Waals surface area (Å²) in [6, 6.07) is 5.89. The van der Waals surface area contributed by atoms with Crippen molar-refractivity contribution in [3.63, 3.8) is 0 Å². The lowest BCUT2D eigenvalue weighted by Gasteiger charge is -2.20. The number of thioether (sulfide) groups is 1. The van der Waals surface area contributed by atoms with Crippen LogP contribution in [0.3, 0.4) is 0 Å². The number of rotatable bonds is 10. The van der Waals surface area contributed by atoms with Gasteiger partial charge in [-0.3, -0.25) is 0 Å². The second kappa shape index (κ2) is 10.7. The average Bonchev–Trinajstić information content (AvgIpc) is 3.15. The van der Waals surface area contributed by atoms with E-state index >= 15 is 0 Å². The van der Waals surface area contributed by atoms with Gasteiger partial charge in [-0.15, -0.1) is 10.2 Å². The summed E-state index contributed by atoms with van der Waals surface area (Å²) in [5, 5.41) is 10.0. The summed E-state index contributed by atoms with van der Waals surface area (Å²) >= 11 is 1.84. The van der Waals surface area contributed by atoms with Gasteiger partial charge < -0.3 is 18.8 Å². The molecule has 1 saturated carbocycles. The van der Waals surface area contributed by atoms with Crippen LogP contribution in [0.5, 0.6) is 11.5 Å². The van der Waals surface area contributed by atoms with E-state index < -0.39 is 0 Å². The van der Waals surface area contributed by atoms with Crippen LogP contribution in [0.15, 0.2) is 23.4 Å². The molecule has 1 heterocycles. The first-order valence-electron chi connectivity index (χ1n) is 10.0. The van der Waals surface area contributed by atoms with Gasteiger partial charge in [0.05, 0.1) is 14.2 Å². The number of nitrogens with zero attached hydrogens (tertiary/aromatic N) is 3. The van der Waals surface area contributed by atoms with Gasteiger partial charge in [0.15, 0.2) is 22.5 Å². The number of hydrogen-bond donors (Lipinski definition) is 0. The Labute approximate surface area is 172 Å². The Morgan fingerprint density at radius 3 is 2.54 bits per heavy atom. The van der Waals surface area contributed by atoms with Gasteiger partial charge in [0.2, 0.25) is 0 Å². The molecule has 1 aromatic carbocycles. The smallest absolute Gasteiger partial charge is 0.191 e. The van der Waals surface area contributed by atoms with Crippen LogP contribution >= 0.6 is 11.8 Å². The molecule has 2 aromatic rings. The maximum absolute atomic E-state index is 5.46. The van der Waals surface area contributed by atoms with Crippen LogP contribution in [-0.4, -0.2) is 48.5 Å². The van der Waals surface area contributed by atoms with Crippen molar-refractivity contribution in [1.29, 1.82) is 0 Å². The van der Waals surface area contributed by atoms with E-state index in [0.717, 1.165) is 47.8 Å². The summed E-state index contributed by atoms with van der Waals surface area (Å²) in [5.41, 5.74) is 0.979. The van der Waals surface area contributed by atoms with E-state index in [1.807, 2.05) is 30.0 Å². The predicted molar refractivity (Wildman–Crippen MR) is 112 cm³/mol. The summed E-state index contributed by atoms with van der Waals surface area (Å²) in [5.74, 6) is 4.19. The number of benzene rings is 1. The number of hydrogen-bond acceptors (Lipinski definition) is 6. The SMILES string of the molecule is COCCCn1c(SCC2CCCCC2)nnc1-c1ccc(OC)c(OC)c1. The van der Waals surface area contributed by atoms with Crippen LogP contribution in [0.25, 0.3) is 11.4 Å². The Balaban J connectivity index is 1.82. The molecule has 154 valence electrons. The first-order valence-corrected chi connectivity index (χ1v) is 11.0. The van der Waals surface area contributed by atoms with Crippen molar-refractivity contribution in [2.24, 2.45) is 5.92 Å². The second-order valence-corrected chi connectivity index (χ2v) is 8.18. The highest BCUT2D eigenvalue weighted by Crippen LogP contribution is 2.34. The molecule has 7 heteroatoms. The molecular formula is C21H31N3O3S. The predicted octanol–water partition coefficient (Wildman–Crippen LogP) is 4.67. The summed E-state index contributed by atoms with van der Waals surface area (Å²) in [7, 11) is 5.03. The highest BCUT2D eigenvalue weighted by molar-refractivity contribution is 7.99. The van der Waals surface area contributed by atoms with Crippen molar-refractivity contribution in [3.8, 4) is 22.9 Å². The Bertz CT molecular complexity index is 744. The van der Waals surface area contributed by atoms with Crippen LogP contribution < -0.4 is 9.47 Å². The molecule has 3 rings (SSSR count). The minimum Gasteiger partial charge on any atom is -0.493 e. The molecule has 0 radical (unpaired) electrons. The minimum atomic E-state index is 0.697. The largest absolute Gasteiger partial charge is 0.493 e. The first-order chi connectivity index (χ1) is 13.8. The Kier molecular flexibility index (Phi) is 8.03. The van der Waals surface area contributed by atoms with Gasteiger partial charge in [0.1, 0.15) is 0 Å². The van der Waals surface area contributed by atoms with E-state index in [-0.39, 0.29) is 0 Å². The Morgan fingerprint density at radius 1 is 1.04 bits per heavy atom. The highest BCUT2D eigenvalue weighted by Gasteiger charge is 2.19. The lowest BCUT2D eigenvalue weighted by molar-refractivity contribution is 0.189. The van der Waals surface area contributed by atoms with Crippen molar-refractivity contribution >= 4 is 11.8 Å². The van der Waals surface area contributed by atoms with E-state index in [9.17, 15) is 0 Å². The number of ether oxygens (including phenoxy) is 3. The lowest BCUT2D eigenvalue weighted by atomic mass is 9.91. The van der Waals surface area contributed by atoms with Gasteiger partial charge in [-0.1, -0.05) is 31.0 Å². The van der Waals surface area contributed by atoms with Crippen LogP contribution in [0.4, 0.5) is 0 Å². The summed E-state index contributed by atoms with van der Waals surface area (Å²) in [4.78, 5) is 0. The van der Waals surface area contributed by atoms with Crippen molar-refractivity contribution in [3.05, 3.63) is 18.2 Å². The molecular weight excluding hydrogens is 374 g/mol. The van der Waals surface area contributed by atoms with E-state index in [1.165, 1.54) is 32.1 Å². The molecule has 0 spiro atoms. The monoisotopic (exact) mass is 405 g/mol. The lowest BCUT2D eigenvalue weighted by Crippen LogP contribution is -2.10. The van der Waals surface area contributed by atoms with Crippen molar-refractivity contribution in [1.82, 2.24) is 14.8 Å². The van der Waals surface area contributed by atoms with Crippen LogP contribution in [0.2, 0.25) is 0 Å². The second-order valence-electron chi connectivity index (χ2n) is 7.19. The molecule has 0 N–H and O–H groups in total. The highest BCUT2D eigenvalue weighted by atomic mass is 32.2. The Morgan fingerprint density at radius 2 is 1.82 bits per heavy atom. The quantitative estimate of drug-likeness (QED) is 0.423. The summed E-state index contributed by atoms with van der Waals surface area (Å²) in [6.45, 7) is 1.55. The van der Waals surface area contributed by atoms with Crippen molar-refractivity contribution in [2.45, 2.75) is 50.2 Å². The van der Waals surface area contributed by atoms with Crippen molar-refractivity contribution in [2.75, 3.05) is 33.7 Å². The molecule has 0 amide bonds. The molecule has 0 saturated heterocycles. The van der Waals surface area contributed by atoms with Gasteiger partial charge >= 0.3 is 0 Å². The van der Waals surface area contributed by atoms with Gasteiger partial charge in [0.25, 0.3) is 0 Å². The number of methoxy groups -OCH3 is 3. The van der Waals surface area contributed by atoms with E-state index in [0.29, 0.717) is 11.5 Å². The first kappa shape index (κ1) is 21.0. The molecule has 1 fully saturated rings. The molecule has 0 aliphatic heterocycles. The van der Waals surface area contributed by atoms with E-state index in [2.05, 4.69) is 14.8 Å². The zero-order valence-electron chi connectivity index (χ0n) is 17.1. The molecule has 1 aromatic heterocycles. The Hall–Kier alpha value is -1.73. The molecule has 1 aliphatic carbocycles. The van der Waals surface area contributed by atoms with Crippen LogP contribution in [0.1, 0.15) is 38.5 Å². The number of aromatic nitrogens is 3. The normalized spacial score (nSPS) is 15.0. The van der Waals surface area contributed by atoms with Gasteiger partial charge in [-0.2, -0.15) is 0 Å². The van der Waals surface area contributed by atoms with E-state index in [4.69, 9.17) is 14.2 Å². The maximum atomic E-state index is 5.46. The zero-order chi connectivity index (χ0) is 19.8.